The molecule has 0 unspecified atom stereocenters. The topological polar surface area (TPSA) is 58.2 Å². The molecule has 1 aromatic heterocycles. The van der Waals surface area contributed by atoms with E-state index in [2.05, 4.69) is 10.0 Å². The van der Waals surface area contributed by atoms with Crippen molar-refractivity contribution >= 4 is 21.4 Å². The van der Waals surface area contributed by atoms with Crippen molar-refractivity contribution in [2.75, 3.05) is 13.6 Å². The molecule has 1 aromatic rings. The van der Waals surface area contributed by atoms with E-state index in [1.165, 1.54) is 11.3 Å². The highest BCUT2D eigenvalue weighted by Gasteiger charge is 2.28. The minimum absolute atomic E-state index is 0.174. The fourth-order valence-corrected chi connectivity index (χ4v) is 4.04. The molecule has 1 heterocycles. The quantitative estimate of drug-likeness (QED) is 0.800. The Labute approximate surface area is 100 Å². The molecule has 0 atom stereocenters. The zero-order chi connectivity index (χ0) is 11.6. The summed E-state index contributed by atoms with van der Waals surface area (Å²) < 4.78 is 26.8. The highest BCUT2D eigenvalue weighted by atomic mass is 32.2. The summed E-state index contributed by atoms with van der Waals surface area (Å²) >= 11 is 1.36. The first kappa shape index (κ1) is 12.0. The summed E-state index contributed by atoms with van der Waals surface area (Å²) in [6.07, 6.45) is 2.81. The molecule has 0 radical (unpaired) electrons. The monoisotopic (exact) mass is 260 g/mol. The fourth-order valence-electron chi connectivity index (χ4n) is 1.36. The van der Waals surface area contributed by atoms with Crippen molar-refractivity contribution in [3.8, 4) is 0 Å². The Bertz CT molecular complexity index is 449. The summed E-state index contributed by atoms with van der Waals surface area (Å²) in [7, 11) is -1.36. The Balaban J connectivity index is 2.04. The van der Waals surface area contributed by atoms with Crippen molar-refractivity contribution < 1.29 is 8.42 Å². The van der Waals surface area contributed by atoms with Crippen LogP contribution in [-0.4, -0.2) is 28.1 Å². The fraction of sp³-hybridized carbons (Fsp3) is 0.600. The Morgan fingerprint density at radius 2 is 2.19 bits per heavy atom. The molecule has 1 aliphatic carbocycles. The molecule has 6 heteroatoms. The molecule has 90 valence electrons. The maximum Gasteiger partial charge on any atom is 0.250 e. The summed E-state index contributed by atoms with van der Waals surface area (Å²) in [5.74, 6) is 0. The summed E-state index contributed by atoms with van der Waals surface area (Å²) in [6, 6.07) is 3.76. The van der Waals surface area contributed by atoms with Crippen molar-refractivity contribution in [2.45, 2.75) is 29.5 Å². The summed E-state index contributed by atoms with van der Waals surface area (Å²) in [5, 5.41) is 3.05. The van der Waals surface area contributed by atoms with E-state index in [1.54, 1.807) is 6.07 Å². The minimum atomic E-state index is -3.25. The zero-order valence-electron chi connectivity index (χ0n) is 9.19. The van der Waals surface area contributed by atoms with E-state index in [-0.39, 0.29) is 6.04 Å². The number of thiophene rings is 1. The molecule has 2 N–H and O–H groups in total. The van der Waals surface area contributed by atoms with E-state index in [0.717, 1.165) is 30.7 Å². The lowest BCUT2D eigenvalue weighted by molar-refractivity contribution is 0.583. The summed E-state index contributed by atoms with van der Waals surface area (Å²) in [5.41, 5.74) is 0. The SMILES string of the molecule is CNCCc1ccc(S(=O)(=O)NC2CC2)s1. The van der Waals surface area contributed by atoms with Crippen LogP contribution in [0.2, 0.25) is 0 Å². The van der Waals surface area contributed by atoms with Gasteiger partial charge in [0.1, 0.15) is 4.21 Å². The summed E-state index contributed by atoms with van der Waals surface area (Å²) in [6.45, 7) is 0.871. The van der Waals surface area contributed by atoms with E-state index in [1.807, 2.05) is 13.1 Å². The highest BCUT2D eigenvalue weighted by Crippen LogP contribution is 2.26. The lowest BCUT2D eigenvalue weighted by Crippen LogP contribution is -2.24. The summed E-state index contributed by atoms with van der Waals surface area (Å²) in [4.78, 5) is 1.10. The van der Waals surface area contributed by atoms with Crippen LogP contribution in [0.3, 0.4) is 0 Å². The van der Waals surface area contributed by atoms with Crippen molar-refractivity contribution in [1.29, 1.82) is 0 Å². The lowest BCUT2D eigenvalue weighted by atomic mass is 10.3. The molecular formula is C10H16N2O2S2. The van der Waals surface area contributed by atoms with Gasteiger partial charge in [0.25, 0.3) is 0 Å². The van der Waals surface area contributed by atoms with Crippen LogP contribution in [0.5, 0.6) is 0 Å². The number of sulfonamides is 1. The van der Waals surface area contributed by atoms with Crippen LogP contribution in [0, 0.1) is 0 Å². The van der Waals surface area contributed by atoms with Crippen LogP contribution in [0.4, 0.5) is 0 Å². The third-order valence-electron chi connectivity index (χ3n) is 2.42. The van der Waals surface area contributed by atoms with Crippen molar-refractivity contribution in [2.24, 2.45) is 0 Å². The van der Waals surface area contributed by atoms with Gasteiger partial charge in [-0.3, -0.25) is 0 Å². The molecule has 1 fully saturated rings. The van der Waals surface area contributed by atoms with Gasteiger partial charge in [0.05, 0.1) is 0 Å². The molecule has 1 aliphatic rings. The molecule has 0 spiro atoms. The number of likely N-dealkylation sites (N-methyl/N-ethyl adjacent to an activating group) is 1. The lowest BCUT2D eigenvalue weighted by Gasteiger charge is -2.01. The van der Waals surface area contributed by atoms with E-state index >= 15 is 0 Å². The van der Waals surface area contributed by atoms with Crippen molar-refractivity contribution in [3.05, 3.63) is 17.0 Å². The van der Waals surface area contributed by atoms with E-state index < -0.39 is 10.0 Å². The minimum Gasteiger partial charge on any atom is -0.319 e. The maximum absolute atomic E-state index is 11.9. The van der Waals surface area contributed by atoms with Crippen LogP contribution in [0.1, 0.15) is 17.7 Å². The second kappa shape index (κ2) is 4.83. The van der Waals surface area contributed by atoms with E-state index in [0.29, 0.717) is 4.21 Å². The third-order valence-corrected chi connectivity index (χ3v) is 5.58. The first-order valence-corrected chi connectivity index (χ1v) is 7.67. The van der Waals surface area contributed by atoms with Gasteiger partial charge in [0, 0.05) is 10.9 Å². The molecule has 1 saturated carbocycles. The Morgan fingerprint density at radius 3 is 2.81 bits per heavy atom. The first-order valence-electron chi connectivity index (χ1n) is 5.37. The van der Waals surface area contributed by atoms with Gasteiger partial charge in [-0.1, -0.05) is 0 Å². The van der Waals surface area contributed by atoms with Gasteiger partial charge in [-0.2, -0.15) is 0 Å². The molecular weight excluding hydrogens is 244 g/mol. The Kier molecular flexibility index (Phi) is 3.63. The average Bonchev–Trinajstić information content (AvgIpc) is 2.89. The number of hydrogen-bond acceptors (Lipinski definition) is 4. The zero-order valence-corrected chi connectivity index (χ0v) is 10.8. The maximum atomic E-state index is 11.9. The molecule has 0 aliphatic heterocycles. The Morgan fingerprint density at radius 1 is 1.44 bits per heavy atom. The molecule has 0 bridgehead atoms. The van der Waals surface area contributed by atoms with Gasteiger partial charge in [-0.05, 0) is 45.0 Å². The third kappa shape index (κ3) is 3.04. The highest BCUT2D eigenvalue weighted by molar-refractivity contribution is 7.91. The van der Waals surface area contributed by atoms with E-state index in [4.69, 9.17) is 0 Å². The molecule has 0 aromatic carbocycles. The van der Waals surface area contributed by atoms with Gasteiger partial charge < -0.3 is 5.32 Å². The average molecular weight is 260 g/mol. The standard InChI is InChI=1S/C10H16N2O2S2/c1-11-7-6-9-4-5-10(15-9)16(13,14)12-8-2-3-8/h4-5,8,11-12H,2-3,6-7H2,1H3. The van der Waals surface area contributed by atoms with Crippen molar-refractivity contribution in [1.82, 2.24) is 10.0 Å². The van der Waals surface area contributed by atoms with Crippen LogP contribution in [-0.2, 0) is 16.4 Å². The number of hydrogen-bond donors (Lipinski definition) is 2. The largest absolute Gasteiger partial charge is 0.319 e. The van der Waals surface area contributed by atoms with Gasteiger partial charge in [0.2, 0.25) is 10.0 Å². The normalized spacial score (nSPS) is 16.6. The van der Waals surface area contributed by atoms with Gasteiger partial charge in [-0.15, -0.1) is 11.3 Å². The first-order chi connectivity index (χ1) is 7.62. The van der Waals surface area contributed by atoms with E-state index in [9.17, 15) is 8.42 Å². The van der Waals surface area contributed by atoms with Crippen LogP contribution in [0.25, 0.3) is 0 Å². The Hall–Kier alpha value is -0.430. The van der Waals surface area contributed by atoms with Crippen LogP contribution < -0.4 is 10.0 Å². The predicted octanol–water partition coefficient (Wildman–Crippen LogP) is 0.951. The molecule has 4 nitrogen and oxygen atoms in total. The van der Waals surface area contributed by atoms with Gasteiger partial charge in [0.15, 0.2) is 0 Å². The van der Waals surface area contributed by atoms with Gasteiger partial charge in [-0.25, -0.2) is 13.1 Å². The second-order valence-corrected chi connectivity index (χ2v) is 7.08. The molecule has 16 heavy (non-hydrogen) atoms. The van der Waals surface area contributed by atoms with Crippen LogP contribution >= 0.6 is 11.3 Å². The predicted molar refractivity (Wildman–Crippen MR) is 65.3 cm³/mol. The van der Waals surface area contributed by atoms with Gasteiger partial charge >= 0.3 is 0 Å². The number of nitrogens with one attached hydrogen (secondary N) is 2. The molecule has 0 saturated heterocycles. The van der Waals surface area contributed by atoms with Crippen molar-refractivity contribution in [3.63, 3.8) is 0 Å². The number of rotatable bonds is 6. The molecule has 0 amide bonds. The smallest absolute Gasteiger partial charge is 0.250 e. The van der Waals surface area contributed by atoms with Crippen LogP contribution in [0.15, 0.2) is 16.3 Å². The molecule has 2 rings (SSSR count). The second-order valence-electron chi connectivity index (χ2n) is 3.97.